The summed E-state index contributed by atoms with van der Waals surface area (Å²) in [5.74, 6) is -0.796. The number of aliphatic hydroxyl groups is 1. The lowest BCUT2D eigenvalue weighted by atomic mass is 10.1. The molecule has 1 amide bonds. The second-order valence-corrected chi connectivity index (χ2v) is 8.62. The highest BCUT2D eigenvalue weighted by atomic mass is 35.5. The molecule has 6 nitrogen and oxygen atoms in total. The first-order chi connectivity index (χ1) is 10.9. The molecule has 1 aliphatic heterocycles. The maximum Gasteiger partial charge on any atom is 0.265 e. The quantitative estimate of drug-likeness (QED) is 0.827. The summed E-state index contributed by atoms with van der Waals surface area (Å²) < 4.78 is 26.9. The van der Waals surface area contributed by atoms with Gasteiger partial charge >= 0.3 is 0 Å². The Kier molecular flexibility index (Phi) is 4.99. The SMILES string of the molecule is C=C(C)N1CCc2cc(Cl)c(S(=O)(=O)NC(=O)CC(C)(C)O)cc21. The van der Waals surface area contributed by atoms with E-state index in [1.165, 1.54) is 19.9 Å². The molecule has 0 aromatic heterocycles. The van der Waals surface area contributed by atoms with E-state index >= 15 is 0 Å². The van der Waals surface area contributed by atoms with Crippen LogP contribution in [-0.4, -0.2) is 31.6 Å². The summed E-state index contributed by atoms with van der Waals surface area (Å²) in [6.07, 6.45) is 0.403. The van der Waals surface area contributed by atoms with Crippen LogP contribution in [0, 0.1) is 0 Å². The van der Waals surface area contributed by atoms with Crippen LogP contribution < -0.4 is 9.62 Å². The topological polar surface area (TPSA) is 86.7 Å². The van der Waals surface area contributed by atoms with E-state index in [1.54, 1.807) is 6.07 Å². The van der Waals surface area contributed by atoms with E-state index in [2.05, 4.69) is 6.58 Å². The van der Waals surface area contributed by atoms with Gasteiger partial charge in [0.25, 0.3) is 10.0 Å². The second-order valence-electron chi connectivity index (χ2n) is 6.57. The first-order valence-electron chi connectivity index (χ1n) is 7.44. The number of carbonyl (C=O) groups is 1. The van der Waals surface area contributed by atoms with Gasteiger partial charge in [-0.1, -0.05) is 18.2 Å². The molecule has 0 radical (unpaired) electrons. The van der Waals surface area contributed by atoms with Crippen LogP contribution in [0.4, 0.5) is 5.69 Å². The molecule has 8 heteroatoms. The molecule has 0 saturated carbocycles. The number of nitrogens with one attached hydrogen (secondary N) is 1. The van der Waals surface area contributed by atoms with Crippen LogP contribution >= 0.6 is 11.6 Å². The predicted molar refractivity (Wildman–Crippen MR) is 93.6 cm³/mol. The first-order valence-corrected chi connectivity index (χ1v) is 9.30. The Balaban J connectivity index is 2.36. The molecule has 0 spiro atoms. The number of rotatable bonds is 5. The number of halogens is 1. The number of nitrogens with zero attached hydrogens (tertiary/aromatic N) is 1. The minimum absolute atomic E-state index is 0.0564. The zero-order valence-corrected chi connectivity index (χ0v) is 15.5. The maximum atomic E-state index is 12.5. The van der Waals surface area contributed by atoms with Gasteiger partial charge in [-0.25, -0.2) is 13.1 Å². The third-order valence-corrected chi connectivity index (χ3v) is 5.46. The summed E-state index contributed by atoms with van der Waals surface area (Å²) in [6.45, 7) is 9.27. The molecule has 0 atom stereocenters. The van der Waals surface area contributed by atoms with Gasteiger partial charge in [0.05, 0.1) is 17.0 Å². The Morgan fingerprint density at radius 2 is 2.08 bits per heavy atom. The monoisotopic (exact) mass is 372 g/mol. The molecule has 1 aliphatic rings. The van der Waals surface area contributed by atoms with E-state index < -0.39 is 21.5 Å². The molecule has 0 bridgehead atoms. The molecular formula is C16H21ClN2O4S. The number of carbonyl (C=O) groups excluding carboxylic acids is 1. The summed E-state index contributed by atoms with van der Waals surface area (Å²) in [5, 5.41) is 9.69. The lowest BCUT2D eigenvalue weighted by Crippen LogP contribution is -2.36. The first kappa shape index (κ1) is 18.8. The van der Waals surface area contributed by atoms with Crippen molar-refractivity contribution in [2.75, 3.05) is 11.4 Å². The number of hydrogen-bond acceptors (Lipinski definition) is 5. The molecule has 0 unspecified atom stereocenters. The molecule has 0 fully saturated rings. The minimum atomic E-state index is -4.13. The zero-order valence-electron chi connectivity index (χ0n) is 13.9. The van der Waals surface area contributed by atoms with Gasteiger partial charge in [0, 0.05) is 17.9 Å². The Morgan fingerprint density at radius 3 is 2.62 bits per heavy atom. The Morgan fingerprint density at radius 1 is 1.46 bits per heavy atom. The van der Waals surface area contributed by atoms with Gasteiger partial charge in [0.15, 0.2) is 0 Å². The van der Waals surface area contributed by atoms with Gasteiger partial charge in [-0.05, 0) is 44.9 Å². The molecule has 24 heavy (non-hydrogen) atoms. The van der Waals surface area contributed by atoms with Crippen molar-refractivity contribution < 1.29 is 18.3 Å². The summed E-state index contributed by atoms with van der Waals surface area (Å²) in [6, 6.07) is 3.06. The molecule has 1 aromatic carbocycles. The van der Waals surface area contributed by atoms with Crippen molar-refractivity contribution in [2.24, 2.45) is 0 Å². The van der Waals surface area contributed by atoms with E-state index in [0.29, 0.717) is 6.54 Å². The van der Waals surface area contributed by atoms with Crippen LogP contribution in [0.2, 0.25) is 5.02 Å². The number of fused-ring (bicyclic) bond motifs is 1. The average Bonchev–Trinajstić information content (AvgIpc) is 2.76. The molecule has 1 aromatic rings. The van der Waals surface area contributed by atoms with E-state index in [1.807, 2.05) is 16.5 Å². The van der Waals surface area contributed by atoms with E-state index in [0.717, 1.165) is 23.4 Å². The number of amides is 1. The summed E-state index contributed by atoms with van der Waals surface area (Å²) in [5.41, 5.74) is 1.15. The summed E-state index contributed by atoms with van der Waals surface area (Å²) in [4.78, 5) is 13.6. The van der Waals surface area contributed by atoms with Crippen molar-refractivity contribution in [2.45, 2.75) is 44.1 Å². The number of anilines is 1. The highest BCUT2D eigenvalue weighted by Crippen LogP contribution is 2.36. The van der Waals surface area contributed by atoms with Gasteiger partial charge in [-0.15, -0.1) is 0 Å². The van der Waals surface area contributed by atoms with Crippen molar-refractivity contribution in [3.8, 4) is 0 Å². The zero-order chi connectivity index (χ0) is 18.3. The molecule has 0 aliphatic carbocycles. The number of sulfonamides is 1. The van der Waals surface area contributed by atoms with Crippen molar-refractivity contribution >= 4 is 33.2 Å². The van der Waals surface area contributed by atoms with Crippen LogP contribution in [0.15, 0.2) is 29.3 Å². The lowest BCUT2D eigenvalue weighted by molar-refractivity contribution is -0.123. The number of allylic oxidation sites excluding steroid dienone is 1. The highest BCUT2D eigenvalue weighted by molar-refractivity contribution is 7.90. The van der Waals surface area contributed by atoms with Gasteiger partial charge in [-0.3, -0.25) is 4.79 Å². The van der Waals surface area contributed by atoms with E-state index in [-0.39, 0.29) is 16.3 Å². The van der Waals surface area contributed by atoms with Gasteiger partial charge in [-0.2, -0.15) is 0 Å². The maximum absolute atomic E-state index is 12.5. The minimum Gasteiger partial charge on any atom is -0.390 e. The molecule has 0 saturated heterocycles. The second kappa shape index (κ2) is 6.38. The summed E-state index contributed by atoms with van der Waals surface area (Å²) in [7, 11) is -4.13. The Labute approximate surface area is 147 Å². The van der Waals surface area contributed by atoms with Crippen molar-refractivity contribution in [3.63, 3.8) is 0 Å². The number of benzene rings is 1. The van der Waals surface area contributed by atoms with Gasteiger partial charge < -0.3 is 10.0 Å². The van der Waals surface area contributed by atoms with Crippen molar-refractivity contribution in [3.05, 3.63) is 35.0 Å². The van der Waals surface area contributed by atoms with E-state index in [9.17, 15) is 18.3 Å². The average molecular weight is 373 g/mol. The van der Waals surface area contributed by atoms with Gasteiger partial charge in [0.1, 0.15) is 4.90 Å². The molecule has 1 heterocycles. The fraction of sp³-hybridized carbons (Fsp3) is 0.438. The fourth-order valence-corrected chi connectivity index (χ4v) is 4.18. The number of hydrogen-bond donors (Lipinski definition) is 2. The molecule has 2 N–H and O–H groups in total. The third kappa shape index (κ3) is 4.09. The highest BCUT2D eigenvalue weighted by Gasteiger charge is 2.28. The van der Waals surface area contributed by atoms with Crippen LogP contribution in [0.25, 0.3) is 0 Å². The Hall–Kier alpha value is -1.57. The molecular weight excluding hydrogens is 352 g/mol. The van der Waals surface area contributed by atoms with E-state index in [4.69, 9.17) is 11.6 Å². The lowest BCUT2D eigenvalue weighted by Gasteiger charge is -2.20. The normalized spacial score (nSPS) is 14.5. The molecule has 2 rings (SSSR count). The standard InChI is InChI=1S/C16H21ClN2O4S/c1-10(2)19-6-5-11-7-12(17)14(8-13(11)19)24(22,23)18-15(20)9-16(3,4)21/h7-8,21H,1,5-6,9H2,2-4H3,(H,18,20). The van der Waals surface area contributed by atoms with Crippen LogP contribution in [0.1, 0.15) is 32.8 Å². The summed E-state index contributed by atoms with van der Waals surface area (Å²) >= 11 is 6.12. The van der Waals surface area contributed by atoms with Crippen molar-refractivity contribution in [1.82, 2.24) is 4.72 Å². The largest absolute Gasteiger partial charge is 0.390 e. The van der Waals surface area contributed by atoms with Gasteiger partial charge in [0.2, 0.25) is 5.91 Å². The van der Waals surface area contributed by atoms with Crippen LogP contribution in [0.3, 0.4) is 0 Å². The molecule has 132 valence electrons. The predicted octanol–water partition coefficient (Wildman–Crippen LogP) is 2.20. The fourth-order valence-electron chi connectivity index (χ4n) is 2.62. The van der Waals surface area contributed by atoms with Crippen LogP contribution in [-0.2, 0) is 21.2 Å². The smallest absolute Gasteiger partial charge is 0.265 e. The van der Waals surface area contributed by atoms with Crippen LogP contribution in [0.5, 0.6) is 0 Å². The third-order valence-electron chi connectivity index (χ3n) is 3.62. The Bertz CT molecular complexity index is 797. The van der Waals surface area contributed by atoms with Crippen molar-refractivity contribution in [1.29, 1.82) is 0 Å².